The lowest BCUT2D eigenvalue weighted by atomic mass is 10.3. The molecule has 0 bridgehead atoms. The van der Waals surface area contributed by atoms with Gasteiger partial charge in [0.15, 0.2) is 5.82 Å². The summed E-state index contributed by atoms with van der Waals surface area (Å²) in [7, 11) is 0. The molecule has 2 rings (SSSR count). The molecule has 0 saturated carbocycles. The molecule has 1 aromatic rings. The van der Waals surface area contributed by atoms with Gasteiger partial charge in [0, 0.05) is 13.1 Å². The lowest BCUT2D eigenvalue weighted by Gasteiger charge is -2.25. The second kappa shape index (κ2) is 3.91. The van der Waals surface area contributed by atoms with Crippen LogP contribution in [0.15, 0.2) is 17.0 Å². The average Bonchev–Trinajstić information content (AvgIpc) is 2.20. The van der Waals surface area contributed by atoms with E-state index in [0.29, 0.717) is 17.0 Å². The van der Waals surface area contributed by atoms with Gasteiger partial charge in [-0.25, -0.2) is 14.8 Å². The number of nitrogens with zero attached hydrogens (tertiary/aromatic N) is 3. The van der Waals surface area contributed by atoms with Gasteiger partial charge in [-0.05, 0) is 22.4 Å². The number of nitrogens with one attached hydrogen (secondary N) is 1. The Morgan fingerprint density at radius 2 is 2.29 bits per heavy atom. The lowest BCUT2D eigenvalue weighted by Crippen LogP contribution is -2.46. The van der Waals surface area contributed by atoms with Gasteiger partial charge in [0.25, 0.3) is 0 Å². The Morgan fingerprint density at radius 1 is 1.43 bits per heavy atom. The van der Waals surface area contributed by atoms with E-state index in [-0.39, 0.29) is 6.03 Å². The summed E-state index contributed by atoms with van der Waals surface area (Å²) in [5, 5.41) is 2.75. The molecule has 2 amide bonds. The molecule has 0 spiro atoms. The van der Waals surface area contributed by atoms with Gasteiger partial charge >= 0.3 is 6.03 Å². The van der Waals surface area contributed by atoms with Crippen molar-refractivity contribution in [3.63, 3.8) is 0 Å². The van der Waals surface area contributed by atoms with Crippen LogP contribution < -0.4 is 10.2 Å². The van der Waals surface area contributed by atoms with E-state index in [0.717, 1.165) is 13.0 Å². The van der Waals surface area contributed by atoms with E-state index < -0.39 is 0 Å². The number of carbonyl (C=O) groups is 1. The van der Waals surface area contributed by atoms with E-state index >= 15 is 0 Å². The second-order valence-electron chi connectivity index (χ2n) is 2.93. The zero-order chi connectivity index (χ0) is 9.97. The Labute approximate surface area is 89.7 Å². The molecule has 0 radical (unpaired) electrons. The topological polar surface area (TPSA) is 58.1 Å². The monoisotopic (exact) mass is 256 g/mol. The van der Waals surface area contributed by atoms with Crippen molar-refractivity contribution in [2.45, 2.75) is 6.42 Å². The summed E-state index contributed by atoms with van der Waals surface area (Å²) < 4.78 is 0.665. The van der Waals surface area contributed by atoms with Crippen LogP contribution in [0.25, 0.3) is 0 Å². The van der Waals surface area contributed by atoms with E-state index in [1.165, 1.54) is 0 Å². The first kappa shape index (κ1) is 9.39. The standard InChI is InChI=1S/C8H9BrN4O/c9-6-4-12-7(5-11-6)13-3-1-2-10-8(13)14/h4-5H,1-3H2,(H,10,14). The molecule has 14 heavy (non-hydrogen) atoms. The summed E-state index contributed by atoms with van der Waals surface area (Å²) in [5.41, 5.74) is 0. The third-order valence-electron chi connectivity index (χ3n) is 1.96. The number of aromatic nitrogens is 2. The molecule has 1 aliphatic heterocycles. The fraction of sp³-hybridized carbons (Fsp3) is 0.375. The van der Waals surface area contributed by atoms with Crippen LogP contribution in [0, 0.1) is 0 Å². The maximum Gasteiger partial charge on any atom is 0.323 e. The maximum absolute atomic E-state index is 11.4. The van der Waals surface area contributed by atoms with Gasteiger partial charge in [0.05, 0.1) is 12.4 Å². The molecule has 1 aromatic heterocycles. The van der Waals surface area contributed by atoms with Crippen molar-refractivity contribution in [1.82, 2.24) is 15.3 Å². The number of rotatable bonds is 1. The number of carbonyl (C=O) groups excluding carboxylic acids is 1. The summed E-state index contributed by atoms with van der Waals surface area (Å²) in [6, 6.07) is -0.104. The average molecular weight is 257 g/mol. The zero-order valence-corrected chi connectivity index (χ0v) is 8.99. The predicted molar refractivity (Wildman–Crippen MR) is 55.1 cm³/mol. The Morgan fingerprint density at radius 3 is 2.93 bits per heavy atom. The van der Waals surface area contributed by atoms with Crippen LogP contribution in [0.3, 0.4) is 0 Å². The Hall–Kier alpha value is -1.17. The van der Waals surface area contributed by atoms with Crippen LogP contribution in [0.4, 0.5) is 10.6 Å². The third kappa shape index (κ3) is 1.84. The van der Waals surface area contributed by atoms with E-state index in [4.69, 9.17) is 0 Å². The number of amides is 2. The highest BCUT2D eigenvalue weighted by atomic mass is 79.9. The fourth-order valence-electron chi connectivity index (χ4n) is 1.29. The molecular formula is C8H9BrN4O. The molecule has 6 heteroatoms. The fourth-order valence-corrected chi connectivity index (χ4v) is 1.50. The van der Waals surface area contributed by atoms with Crippen LogP contribution in [0.1, 0.15) is 6.42 Å². The SMILES string of the molecule is O=C1NCCCN1c1cnc(Br)cn1. The summed E-state index contributed by atoms with van der Waals surface area (Å²) in [6.07, 6.45) is 4.09. The van der Waals surface area contributed by atoms with Crippen molar-refractivity contribution in [1.29, 1.82) is 0 Å². The van der Waals surface area contributed by atoms with Crippen molar-refractivity contribution < 1.29 is 4.79 Å². The molecular weight excluding hydrogens is 248 g/mol. The number of hydrogen-bond donors (Lipinski definition) is 1. The molecule has 2 heterocycles. The minimum Gasteiger partial charge on any atom is -0.338 e. The molecule has 74 valence electrons. The van der Waals surface area contributed by atoms with Gasteiger partial charge < -0.3 is 5.32 Å². The van der Waals surface area contributed by atoms with Crippen molar-refractivity contribution in [3.8, 4) is 0 Å². The summed E-state index contributed by atoms with van der Waals surface area (Å²) in [5.74, 6) is 0.588. The molecule has 0 unspecified atom stereocenters. The Kier molecular flexibility index (Phi) is 2.62. The number of hydrogen-bond acceptors (Lipinski definition) is 3. The van der Waals surface area contributed by atoms with Gasteiger partial charge in [-0.1, -0.05) is 0 Å². The lowest BCUT2D eigenvalue weighted by molar-refractivity contribution is 0.242. The largest absolute Gasteiger partial charge is 0.338 e. The Bertz CT molecular complexity index is 340. The van der Waals surface area contributed by atoms with Gasteiger partial charge in [0.1, 0.15) is 4.60 Å². The minimum absolute atomic E-state index is 0.104. The first-order chi connectivity index (χ1) is 6.77. The first-order valence-electron chi connectivity index (χ1n) is 4.30. The number of halogens is 1. The van der Waals surface area contributed by atoms with Gasteiger partial charge in [-0.3, -0.25) is 4.90 Å². The van der Waals surface area contributed by atoms with E-state index in [1.54, 1.807) is 17.3 Å². The van der Waals surface area contributed by atoms with Crippen LogP contribution in [-0.4, -0.2) is 29.1 Å². The van der Waals surface area contributed by atoms with Crippen molar-refractivity contribution in [2.75, 3.05) is 18.0 Å². The molecule has 5 nitrogen and oxygen atoms in total. The maximum atomic E-state index is 11.4. The molecule has 1 saturated heterocycles. The van der Waals surface area contributed by atoms with Gasteiger partial charge in [0.2, 0.25) is 0 Å². The highest BCUT2D eigenvalue weighted by Crippen LogP contribution is 2.13. The predicted octanol–water partition coefficient (Wildman–Crippen LogP) is 1.16. The van der Waals surface area contributed by atoms with Crippen LogP contribution in [0.5, 0.6) is 0 Å². The van der Waals surface area contributed by atoms with Gasteiger partial charge in [-0.15, -0.1) is 0 Å². The molecule has 1 N–H and O–H groups in total. The van der Waals surface area contributed by atoms with Crippen molar-refractivity contribution >= 4 is 27.8 Å². The van der Waals surface area contributed by atoms with Crippen LogP contribution in [0.2, 0.25) is 0 Å². The molecule has 1 aliphatic rings. The zero-order valence-electron chi connectivity index (χ0n) is 7.40. The van der Waals surface area contributed by atoms with Crippen LogP contribution >= 0.6 is 15.9 Å². The van der Waals surface area contributed by atoms with Crippen LogP contribution in [-0.2, 0) is 0 Å². The Balaban J connectivity index is 2.20. The van der Waals surface area contributed by atoms with E-state index in [9.17, 15) is 4.79 Å². The minimum atomic E-state index is -0.104. The highest BCUT2D eigenvalue weighted by molar-refractivity contribution is 9.10. The molecule has 0 aliphatic carbocycles. The number of anilines is 1. The van der Waals surface area contributed by atoms with E-state index in [1.807, 2.05) is 0 Å². The molecule has 0 atom stereocenters. The quantitative estimate of drug-likeness (QED) is 0.821. The smallest absolute Gasteiger partial charge is 0.323 e. The number of urea groups is 1. The van der Waals surface area contributed by atoms with Gasteiger partial charge in [-0.2, -0.15) is 0 Å². The van der Waals surface area contributed by atoms with Crippen molar-refractivity contribution in [2.24, 2.45) is 0 Å². The summed E-state index contributed by atoms with van der Waals surface area (Å²) in [4.78, 5) is 21.1. The van der Waals surface area contributed by atoms with Crippen molar-refractivity contribution in [3.05, 3.63) is 17.0 Å². The normalized spacial score (nSPS) is 16.6. The summed E-state index contributed by atoms with van der Waals surface area (Å²) in [6.45, 7) is 1.43. The third-order valence-corrected chi connectivity index (χ3v) is 2.37. The first-order valence-corrected chi connectivity index (χ1v) is 5.09. The highest BCUT2D eigenvalue weighted by Gasteiger charge is 2.20. The molecule has 1 fully saturated rings. The second-order valence-corrected chi connectivity index (χ2v) is 3.75. The summed E-state index contributed by atoms with van der Waals surface area (Å²) >= 11 is 3.19. The van der Waals surface area contributed by atoms with E-state index in [2.05, 4.69) is 31.2 Å². The molecule has 0 aromatic carbocycles.